The Hall–Kier alpha value is -3.33. The molecule has 0 atom stereocenters. The molecule has 2 amide bonds. The number of para-hydroxylation sites is 1. The van der Waals surface area contributed by atoms with Crippen LogP contribution >= 0.6 is 0 Å². The minimum atomic E-state index is -0.284. The fraction of sp³-hybridized carbons (Fsp3) is 0.167. The maximum Gasteiger partial charge on any atom is 0.258 e. The number of amides is 2. The van der Waals surface area contributed by atoms with Gasteiger partial charge in [0.15, 0.2) is 6.61 Å². The molecule has 0 aromatic heterocycles. The first-order chi connectivity index (χ1) is 11.6. The molecule has 0 bridgehead atoms. The van der Waals surface area contributed by atoms with Crippen molar-refractivity contribution in [2.24, 2.45) is 0 Å². The zero-order chi connectivity index (χ0) is 17.4. The first-order valence-corrected chi connectivity index (χ1v) is 7.33. The summed E-state index contributed by atoms with van der Waals surface area (Å²) in [5, 5.41) is 14.4. The number of hydrogen-bond acceptors (Lipinski definition) is 4. The molecule has 2 aromatic rings. The largest absolute Gasteiger partial charge is 0.482 e. The number of rotatable bonds is 6. The van der Waals surface area contributed by atoms with E-state index >= 15 is 0 Å². The first-order valence-electron chi connectivity index (χ1n) is 7.33. The second kappa shape index (κ2) is 8.34. The van der Waals surface area contributed by atoms with Gasteiger partial charge in [0.05, 0.1) is 5.56 Å². The molecule has 0 aliphatic rings. The highest BCUT2D eigenvalue weighted by molar-refractivity contribution is 5.88. The van der Waals surface area contributed by atoms with Gasteiger partial charge in [0.25, 0.3) is 5.91 Å². The molecule has 0 unspecified atom stereocenters. The van der Waals surface area contributed by atoms with Crippen molar-refractivity contribution in [3.05, 3.63) is 59.7 Å². The monoisotopic (exact) mass is 323 g/mol. The lowest BCUT2D eigenvalue weighted by Crippen LogP contribution is -2.28. The summed E-state index contributed by atoms with van der Waals surface area (Å²) in [4.78, 5) is 22.8. The number of carbonyl (C=O) groups is 2. The zero-order valence-corrected chi connectivity index (χ0v) is 13.2. The van der Waals surface area contributed by atoms with Gasteiger partial charge in [0.2, 0.25) is 5.91 Å². The molecule has 0 aliphatic carbocycles. The van der Waals surface area contributed by atoms with E-state index in [2.05, 4.69) is 10.6 Å². The van der Waals surface area contributed by atoms with Crippen molar-refractivity contribution in [2.45, 2.75) is 13.5 Å². The maximum absolute atomic E-state index is 11.8. The van der Waals surface area contributed by atoms with Crippen molar-refractivity contribution in [1.29, 1.82) is 5.26 Å². The highest BCUT2D eigenvalue weighted by atomic mass is 16.5. The van der Waals surface area contributed by atoms with E-state index in [1.165, 1.54) is 6.92 Å². The lowest BCUT2D eigenvalue weighted by atomic mass is 10.2. The SMILES string of the molecule is CC(=O)Nc1ccc(CNC(=O)COc2ccccc2C#N)cc1. The molecule has 6 heteroatoms. The minimum Gasteiger partial charge on any atom is -0.482 e. The van der Waals surface area contributed by atoms with Crippen LogP contribution in [0.3, 0.4) is 0 Å². The molecule has 2 N–H and O–H groups in total. The molecule has 122 valence electrons. The van der Waals surface area contributed by atoms with Crippen molar-refractivity contribution >= 4 is 17.5 Å². The predicted molar refractivity (Wildman–Crippen MR) is 89.2 cm³/mol. The number of nitrogens with one attached hydrogen (secondary N) is 2. The van der Waals surface area contributed by atoms with Gasteiger partial charge in [-0.1, -0.05) is 24.3 Å². The third-order valence-corrected chi connectivity index (χ3v) is 3.13. The lowest BCUT2D eigenvalue weighted by molar-refractivity contribution is -0.123. The average Bonchev–Trinajstić information content (AvgIpc) is 2.59. The van der Waals surface area contributed by atoms with Crippen LogP contribution in [0.4, 0.5) is 5.69 Å². The standard InChI is InChI=1S/C18H17N3O3/c1-13(22)21-16-8-6-14(7-9-16)11-20-18(23)12-24-17-5-3-2-4-15(17)10-19/h2-9H,11-12H2,1H3,(H,20,23)(H,21,22). The van der Waals surface area contributed by atoms with Gasteiger partial charge in [-0.15, -0.1) is 0 Å². The molecule has 0 fully saturated rings. The Morgan fingerprint density at radius 3 is 2.50 bits per heavy atom. The maximum atomic E-state index is 11.8. The third kappa shape index (κ3) is 5.14. The third-order valence-electron chi connectivity index (χ3n) is 3.13. The van der Waals surface area contributed by atoms with Gasteiger partial charge >= 0.3 is 0 Å². The summed E-state index contributed by atoms with van der Waals surface area (Å²) in [6.45, 7) is 1.63. The van der Waals surface area contributed by atoms with Gasteiger partial charge in [-0.05, 0) is 29.8 Å². The Kier molecular flexibility index (Phi) is 5.92. The van der Waals surface area contributed by atoms with Crippen LogP contribution < -0.4 is 15.4 Å². The van der Waals surface area contributed by atoms with Gasteiger partial charge < -0.3 is 15.4 Å². The Bertz CT molecular complexity index is 764. The van der Waals surface area contributed by atoms with Gasteiger partial charge in [-0.25, -0.2) is 0 Å². The van der Waals surface area contributed by atoms with E-state index in [0.717, 1.165) is 5.56 Å². The van der Waals surface area contributed by atoms with Gasteiger partial charge in [-0.3, -0.25) is 9.59 Å². The second-order valence-corrected chi connectivity index (χ2v) is 5.05. The summed E-state index contributed by atoms with van der Waals surface area (Å²) in [5.74, 6) is -0.0330. The number of nitriles is 1. The second-order valence-electron chi connectivity index (χ2n) is 5.05. The van der Waals surface area contributed by atoms with Crippen molar-refractivity contribution < 1.29 is 14.3 Å². The topological polar surface area (TPSA) is 91.2 Å². The van der Waals surface area contributed by atoms with Gasteiger partial charge in [0.1, 0.15) is 11.8 Å². The predicted octanol–water partition coefficient (Wildman–Crippen LogP) is 2.21. The van der Waals surface area contributed by atoms with E-state index in [0.29, 0.717) is 23.5 Å². The molecule has 0 aliphatic heterocycles. The van der Waals surface area contributed by atoms with E-state index in [4.69, 9.17) is 10.00 Å². The summed E-state index contributed by atoms with van der Waals surface area (Å²) in [7, 11) is 0. The van der Waals surface area contributed by atoms with Crippen LogP contribution in [0.15, 0.2) is 48.5 Å². The summed E-state index contributed by atoms with van der Waals surface area (Å²) < 4.78 is 5.36. The molecule has 0 heterocycles. The van der Waals surface area contributed by atoms with Gasteiger partial charge in [-0.2, -0.15) is 5.26 Å². The number of hydrogen-bond donors (Lipinski definition) is 2. The van der Waals surface area contributed by atoms with Crippen LogP contribution in [0, 0.1) is 11.3 Å². The molecule has 2 rings (SSSR count). The van der Waals surface area contributed by atoms with E-state index in [1.807, 2.05) is 18.2 Å². The molecule has 0 saturated heterocycles. The quantitative estimate of drug-likeness (QED) is 0.852. The van der Waals surface area contributed by atoms with Crippen LogP contribution in [0.2, 0.25) is 0 Å². The minimum absolute atomic E-state index is 0.133. The first kappa shape index (κ1) is 17.0. The molecule has 0 spiro atoms. The highest BCUT2D eigenvalue weighted by Gasteiger charge is 2.06. The molecule has 0 saturated carbocycles. The summed E-state index contributed by atoms with van der Waals surface area (Å²) in [6.07, 6.45) is 0. The fourth-order valence-corrected chi connectivity index (χ4v) is 1.99. The Morgan fingerprint density at radius 2 is 1.83 bits per heavy atom. The smallest absolute Gasteiger partial charge is 0.258 e. The van der Waals surface area contributed by atoms with Crippen LogP contribution in [-0.4, -0.2) is 18.4 Å². The number of benzene rings is 2. The zero-order valence-electron chi connectivity index (χ0n) is 13.2. The number of ether oxygens (including phenoxy) is 1. The van der Waals surface area contributed by atoms with Gasteiger partial charge in [0, 0.05) is 19.2 Å². The van der Waals surface area contributed by atoms with Crippen LogP contribution in [0.1, 0.15) is 18.1 Å². The van der Waals surface area contributed by atoms with E-state index in [1.54, 1.807) is 36.4 Å². The summed E-state index contributed by atoms with van der Waals surface area (Å²) in [5.41, 5.74) is 1.99. The van der Waals surface area contributed by atoms with Crippen molar-refractivity contribution in [2.75, 3.05) is 11.9 Å². The Morgan fingerprint density at radius 1 is 1.12 bits per heavy atom. The lowest BCUT2D eigenvalue weighted by Gasteiger charge is -2.09. The Balaban J connectivity index is 1.81. The fourth-order valence-electron chi connectivity index (χ4n) is 1.99. The number of carbonyl (C=O) groups excluding carboxylic acids is 2. The van der Waals surface area contributed by atoms with E-state index in [9.17, 15) is 9.59 Å². The molecular formula is C18H17N3O3. The van der Waals surface area contributed by atoms with Crippen LogP contribution in [-0.2, 0) is 16.1 Å². The van der Waals surface area contributed by atoms with Crippen molar-refractivity contribution in [3.8, 4) is 11.8 Å². The normalized spacial score (nSPS) is 9.67. The number of nitrogens with zero attached hydrogens (tertiary/aromatic N) is 1. The van der Waals surface area contributed by atoms with Crippen LogP contribution in [0.5, 0.6) is 5.75 Å². The van der Waals surface area contributed by atoms with E-state index < -0.39 is 0 Å². The van der Waals surface area contributed by atoms with Crippen molar-refractivity contribution in [3.63, 3.8) is 0 Å². The summed E-state index contributed by atoms with van der Waals surface area (Å²) in [6, 6.07) is 15.9. The summed E-state index contributed by atoms with van der Waals surface area (Å²) >= 11 is 0. The molecule has 24 heavy (non-hydrogen) atoms. The van der Waals surface area contributed by atoms with Crippen molar-refractivity contribution in [1.82, 2.24) is 5.32 Å². The number of anilines is 1. The average molecular weight is 323 g/mol. The molecule has 2 aromatic carbocycles. The highest BCUT2D eigenvalue weighted by Crippen LogP contribution is 2.16. The van der Waals surface area contributed by atoms with E-state index in [-0.39, 0.29) is 18.4 Å². The molecular weight excluding hydrogens is 306 g/mol. The van der Waals surface area contributed by atoms with Crippen LogP contribution in [0.25, 0.3) is 0 Å². The molecule has 6 nitrogen and oxygen atoms in total. The Labute approximate surface area is 140 Å². The molecule has 0 radical (unpaired) electrons.